The minimum Gasteiger partial charge on any atom is -1.00 e. The van der Waals surface area contributed by atoms with Gasteiger partial charge in [0.15, 0.2) is 0 Å². The fraction of sp³-hybridized carbons (Fsp3) is 0.429. The second kappa shape index (κ2) is 16.4. The van der Waals surface area contributed by atoms with E-state index in [-0.39, 0.29) is 58.9 Å². The topological polar surface area (TPSA) is 0 Å². The summed E-state index contributed by atoms with van der Waals surface area (Å²) in [4.78, 5) is 0. The molecule has 0 N–H and O–H groups in total. The zero-order chi connectivity index (χ0) is 21.0. The summed E-state index contributed by atoms with van der Waals surface area (Å²) in [5.41, 5.74) is 12.1. The monoisotopic (exact) mass is 554 g/mol. The van der Waals surface area contributed by atoms with E-state index in [1.54, 1.807) is 16.0 Å². The number of benzene rings is 2. The van der Waals surface area contributed by atoms with Gasteiger partial charge in [-0.25, -0.2) is 11.1 Å². The molecule has 0 aliphatic heterocycles. The van der Waals surface area contributed by atoms with Crippen molar-refractivity contribution in [3.8, 4) is 0 Å². The Bertz CT molecular complexity index is 920. The van der Waals surface area contributed by atoms with Crippen LogP contribution in [0.2, 0.25) is 0 Å². The third-order valence-electron chi connectivity index (χ3n) is 7.03. The normalized spacial score (nSPS) is 12.6. The molecule has 178 valence electrons. The van der Waals surface area contributed by atoms with Crippen LogP contribution in [0.15, 0.2) is 46.7 Å². The first-order valence-corrected chi connectivity index (χ1v) is 12.8. The molecule has 0 radical (unpaired) electrons. The Balaban J connectivity index is 0. The van der Waals surface area contributed by atoms with Crippen LogP contribution >= 0.6 is 0 Å². The second-order valence-corrected chi connectivity index (χ2v) is 10.8. The van der Waals surface area contributed by atoms with Gasteiger partial charge in [0.25, 0.3) is 0 Å². The molecule has 1 aliphatic rings. The van der Waals surface area contributed by atoms with Crippen molar-refractivity contribution in [2.45, 2.75) is 80.1 Å². The molecule has 0 atom stereocenters. The predicted molar refractivity (Wildman–Crippen MR) is 131 cm³/mol. The van der Waals surface area contributed by atoms with E-state index in [4.69, 9.17) is 0 Å². The van der Waals surface area contributed by atoms with Gasteiger partial charge in [-0.15, -0.1) is 0 Å². The molecule has 0 aromatic heterocycles. The minimum atomic E-state index is -0.469. The van der Waals surface area contributed by atoms with E-state index in [0.29, 0.717) is 0 Å². The quantitative estimate of drug-likeness (QED) is 0.188. The molecule has 0 saturated heterocycles. The SMILES string of the molecule is CCCCCC1=C(Cc2ccccc2)[C-]=C([SiH2]c2c(C)c(C)c(C)c(C)c2C)C1.[Cl-].[Cl-].[Cl-].[Ti+4]. The standard InChI is InChI=1S/C28H37Si.3ClH.Ti/c1-7-8-10-15-25-17-27(18-26(25)16-24-13-11-9-12-14-24)29-28-22(5)20(3)19(2)21(4)23(28)6;;;;/h9,11-14H,7-8,10,15-17,29H2,1-6H3;3*1H;/q-1;;;;+4/p-3. The number of halogens is 3. The maximum absolute atomic E-state index is 3.93. The molecule has 5 heteroatoms. The van der Waals surface area contributed by atoms with Crippen LogP contribution < -0.4 is 42.4 Å². The third kappa shape index (κ3) is 8.71. The van der Waals surface area contributed by atoms with Gasteiger partial charge in [0.2, 0.25) is 0 Å². The van der Waals surface area contributed by atoms with Crippen LogP contribution in [0.25, 0.3) is 0 Å². The van der Waals surface area contributed by atoms with Gasteiger partial charge in [-0.2, -0.15) is 5.20 Å². The summed E-state index contributed by atoms with van der Waals surface area (Å²) in [7, 11) is -0.469. The number of hydrogen-bond donors (Lipinski definition) is 0. The number of rotatable bonds is 8. The van der Waals surface area contributed by atoms with Gasteiger partial charge in [0.05, 0.1) is 9.52 Å². The van der Waals surface area contributed by atoms with Crippen molar-refractivity contribution in [3.63, 3.8) is 0 Å². The summed E-state index contributed by atoms with van der Waals surface area (Å²) in [5, 5.41) is 3.29. The van der Waals surface area contributed by atoms with Crippen LogP contribution in [0.3, 0.4) is 0 Å². The van der Waals surface area contributed by atoms with Crippen molar-refractivity contribution in [2.24, 2.45) is 0 Å². The van der Waals surface area contributed by atoms with Gasteiger partial charge in [-0.05, 0) is 74.4 Å². The fourth-order valence-corrected chi connectivity index (χ4v) is 6.89. The Kier molecular flexibility index (Phi) is 17.3. The number of hydrogen-bond acceptors (Lipinski definition) is 0. The van der Waals surface area contributed by atoms with Crippen molar-refractivity contribution in [3.05, 3.63) is 86.1 Å². The van der Waals surface area contributed by atoms with Crippen molar-refractivity contribution in [2.75, 3.05) is 0 Å². The first kappa shape index (κ1) is 34.9. The minimum absolute atomic E-state index is 0. The van der Waals surface area contributed by atoms with E-state index in [1.807, 2.05) is 0 Å². The zero-order valence-corrected chi connectivity index (χ0v) is 26.2. The Labute approximate surface area is 238 Å². The van der Waals surface area contributed by atoms with Crippen molar-refractivity contribution >= 4 is 14.7 Å². The second-order valence-electron chi connectivity index (χ2n) is 8.89. The van der Waals surface area contributed by atoms with Gasteiger partial charge in [0.1, 0.15) is 0 Å². The van der Waals surface area contributed by atoms with Crippen molar-refractivity contribution < 1.29 is 58.9 Å². The fourth-order valence-electron chi connectivity index (χ4n) is 4.67. The first-order valence-electron chi connectivity index (χ1n) is 11.3. The maximum Gasteiger partial charge on any atom is 4.00 e. The van der Waals surface area contributed by atoms with Gasteiger partial charge in [-0.1, -0.05) is 74.5 Å². The zero-order valence-electron chi connectivity index (χ0n) is 21.0. The molecule has 2 aromatic carbocycles. The first-order chi connectivity index (χ1) is 13.9. The van der Waals surface area contributed by atoms with Crippen LogP contribution in [0.4, 0.5) is 0 Å². The van der Waals surface area contributed by atoms with E-state index >= 15 is 0 Å². The largest absolute Gasteiger partial charge is 4.00 e. The Morgan fingerprint density at radius 2 is 1.33 bits per heavy atom. The van der Waals surface area contributed by atoms with Crippen molar-refractivity contribution in [1.82, 2.24) is 0 Å². The van der Waals surface area contributed by atoms with E-state index in [9.17, 15) is 0 Å². The Morgan fingerprint density at radius 1 is 0.788 bits per heavy atom. The third-order valence-corrected chi connectivity index (χ3v) is 9.30. The van der Waals surface area contributed by atoms with Gasteiger partial charge >= 0.3 is 21.7 Å². The number of unbranched alkanes of at least 4 members (excludes halogenated alkanes) is 2. The molecule has 2 aromatic rings. The molecule has 0 heterocycles. The number of allylic oxidation sites excluding steroid dienone is 4. The molecule has 0 spiro atoms. The molecule has 0 nitrogen and oxygen atoms in total. The average molecular weight is 556 g/mol. The van der Waals surface area contributed by atoms with Crippen LogP contribution in [0.5, 0.6) is 0 Å². The molecular formula is C28H37Cl3SiTi. The molecular weight excluding hydrogens is 519 g/mol. The van der Waals surface area contributed by atoms with Crippen LogP contribution in [0.1, 0.15) is 72.4 Å². The van der Waals surface area contributed by atoms with E-state index < -0.39 is 9.52 Å². The predicted octanol–water partition coefficient (Wildman–Crippen LogP) is -2.76. The molecule has 1 aliphatic carbocycles. The van der Waals surface area contributed by atoms with E-state index in [0.717, 1.165) is 6.42 Å². The molecule has 0 bridgehead atoms. The van der Waals surface area contributed by atoms with Gasteiger partial charge in [-0.3, -0.25) is 6.08 Å². The summed E-state index contributed by atoms with van der Waals surface area (Å²) in [5.74, 6) is 0. The molecule has 33 heavy (non-hydrogen) atoms. The molecule has 0 saturated carbocycles. The molecule has 3 rings (SSSR count). The van der Waals surface area contributed by atoms with Gasteiger partial charge in [0, 0.05) is 0 Å². The van der Waals surface area contributed by atoms with E-state index in [2.05, 4.69) is 78.0 Å². The smallest absolute Gasteiger partial charge is 1.00 e. The maximum atomic E-state index is 3.93. The van der Waals surface area contributed by atoms with Crippen LogP contribution in [-0.4, -0.2) is 9.52 Å². The van der Waals surface area contributed by atoms with Gasteiger partial charge < -0.3 is 37.2 Å². The average Bonchev–Trinajstić information content (AvgIpc) is 3.10. The van der Waals surface area contributed by atoms with Crippen LogP contribution in [-0.2, 0) is 28.1 Å². The van der Waals surface area contributed by atoms with Crippen molar-refractivity contribution in [1.29, 1.82) is 0 Å². The summed E-state index contributed by atoms with van der Waals surface area (Å²) in [6.45, 7) is 13.9. The Morgan fingerprint density at radius 3 is 1.88 bits per heavy atom. The molecule has 0 fully saturated rings. The molecule has 0 amide bonds. The summed E-state index contributed by atoms with van der Waals surface area (Å²) in [6, 6.07) is 10.9. The van der Waals surface area contributed by atoms with E-state index in [1.165, 1.54) is 71.1 Å². The summed E-state index contributed by atoms with van der Waals surface area (Å²) < 4.78 is 0. The summed E-state index contributed by atoms with van der Waals surface area (Å²) >= 11 is 0. The summed E-state index contributed by atoms with van der Waals surface area (Å²) in [6.07, 6.45) is 11.4. The Hall–Kier alpha value is -0.279. The molecule has 0 unspecified atom stereocenters. The van der Waals surface area contributed by atoms with Crippen LogP contribution in [0, 0.1) is 40.7 Å².